The molecule has 92 valence electrons. The average molecular weight is 291 g/mol. The van der Waals surface area contributed by atoms with E-state index in [1.165, 1.54) is 11.5 Å². The first-order valence-electron chi connectivity index (χ1n) is 4.33. The Kier molecular flexibility index (Phi) is 10.2. The zero-order chi connectivity index (χ0) is 11.7. The van der Waals surface area contributed by atoms with E-state index in [1.54, 1.807) is 10.4 Å². The highest BCUT2D eigenvalue weighted by molar-refractivity contribution is 8.94. The Morgan fingerprint density at radius 3 is 1.80 bits per heavy atom. The van der Waals surface area contributed by atoms with E-state index >= 15 is 0 Å². The molecule has 4 nitrogen and oxygen atoms in total. The third-order valence-electron chi connectivity index (χ3n) is 1.74. The minimum atomic E-state index is -1.21. The first-order valence-corrected chi connectivity index (χ1v) is 9.17. The molecule has 1 fully saturated rings. The minimum Gasteiger partial charge on any atom is -0.394 e. The molecule has 0 bridgehead atoms. The SMILES string of the molecule is NC(CO)(CO)CO.PSSC1CSC1. The fourth-order valence-corrected chi connectivity index (χ4v) is 4.99. The molecule has 0 saturated carbocycles. The van der Waals surface area contributed by atoms with Gasteiger partial charge in [-0.1, -0.05) is 29.6 Å². The van der Waals surface area contributed by atoms with Crippen LogP contribution in [0.1, 0.15) is 0 Å². The predicted molar refractivity (Wildman–Crippen MR) is 74.2 cm³/mol. The smallest absolute Gasteiger partial charge is 0.0856 e. The van der Waals surface area contributed by atoms with Crippen molar-refractivity contribution in [1.82, 2.24) is 0 Å². The molecular weight excluding hydrogens is 273 g/mol. The molecule has 0 aromatic heterocycles. The van der Waals surface area contributed by atoms with Crippen molar-refractivity contribution in [2.75, 3.05) is 31.3 Å². The van der Waals surface area contributed by atoms with Crippen LogP contribution in [0.4, 0.5) is 0 Å². The molecular formula is C7H18NO3PS3. The van der Waals surface area contributed by atoms with Gasteiger partial charge in [-0.15, -0.1) is 0 Å². The molecule has 1 aliphatic heterocycles. The van der Waals surface area contributed by atoms with Gasteiger partial charge in [0.1, 0.15) is 0 Å². The monoisotopic (exact) mass is 291 g/mol. The summed E-state index contributed by atoms with van der Waals surface area (Å²) in [6.07, 6.45) is 0. The van der Waals surface area contributed by atoms with E-state index in [2.05, 4.69) is 8.44 Å². The Bertz CT molecular complexity index is 150. The van der Waals surface area contributed by atoms with E-state index in [4.69, 9.17) is 21.1 Å². The van der Waals surface area contributed by atoms with Crippen LogP contribution in [-0.4, -0.2) is 57.4 Å². The molecule has 0 aromatic carbocycles. The van der Waals surface area contributed by atoms with Gasteiger partial charge in [-0.2, -0.15) is 11.8 Å². The molecule has 5 N–H and O–H groups in total. The first-order chi connectivity index (χ1) is 7.11. The van der Waals surface area contributed by atoms with E-state index in [0.717, 1.165) is 5.25 Å². The van der Waals surface area contributed by atoms with Gasteiger partial charge in [-0.25, -0.2) is 0 Å². The van der Waals surface area contributed by atoms with Gasteiger partial charge in [0, 0.05) is 16.8 Å². The number of thioether (sulfide) groups is 1. The number of aliphatic hydroxyl groups is 3. The van der Waals surface area contributed by atoms with Crippen LogP contribution >= 0.6 is 41.4 Å². The summed E-state index contributed by atoms with van der Waals surface area (Å²) in [6.45, 7) is -1.21. The van der Waals surface area contributed by atoms with Crippen LogP contribution in [0.5, 0.6) is 0 Å². The molecule has 1 aliphatic rings. The number of nitrogens with two attached hydrogens (primary N) is 1. The van der Waals surface area contributed by atoms with Crippen LogP contribution in [0, 0.1) is 0 Å². The third kappa shape index (κ3) is 7.28. The largest absolute Gasteiger partial charge is 0.394 e. The summed E-state index contributed by atoms with van der Waals surface area (Å²) in [6, 6.07) is 0. The second-order valence-electron chi connectivity index (χ2n) is 3.19. The van der Waals surface area contributed by atoms with Crippen LogP contribution in [0.3, 0.4) is 0 Å². The van der Waals surface area contributed by atoms with Crippen LogP contribution in [0.15, 0.2) is 0 Å². The van der Waals surface area contributed by atoms with Crippen LogP contribution < -0.4 is 5.73 Å². The standard InChI is InChI=1S/C4H11NO3.C3H7PS3/c5-4(1-6,2-7)3-8;4-7-6-3-1-5-2-3/h6-8H,1-3,5H2;3H,1-2,4H2. The predicted octanol–water partition coefficient (Wildman–Crippen LogP) is -0.0659. The molecule has 1 atom stereocenters. The van der Waals surface area contributed by atoms with Crippen molar-refractivity contribution < 1.29 is 15.3 Å². The average Bonchev–Trinajstić information content (AvgIpc) is 2.23. The van der Waals surface area contributed by atoms with E-state index in [-0.39, 0.29) is 0 Å². The van der Waals surface area contributed by atoms with Gasteiger partial charge in [-0.3, -0.25) is 0 Å². The highest BCUT2D eigenvalue weighted by Gasteiger charge is 2.20. The van der Waals surface area contributed by atoms with Crippen LogP contribution in [0.2, 0.25) is 0 Å². The third-order valence-corrected chi connectivity index (χ3v) is 6.31. The van der Waals surface area contributed by atoms with Gasteiger partial charge in [0.05, 0.1) is 25.4 Å². The molecule has 0 aliphatic carbocycles. The Morgan fingerprint density at radius 1 is 1.27 bits per heavy atom. The zero-order valence-corrected chi connectivity index (χ0v) is 11.9. The van der Waals surface area contributed by atoms with Gasteiger partial charge in [0.25, 0.3) is 0 Å². The van der Waals surface area contributed by atoms with Crippen molar-refractivity contribution in [3.63, 3.8) is 0 Å². The maximum Gasteiger partial charge on any atom is 0.0856 e. The van der Waals surface area contributed by atoms with Crippen molar-refractivity contribution in [2.45, 2.75) is 10.8 Å². The summed E-state index contributed by atoms with van der Waals surface area (Å²) in [5, 5.41) is 26.0. The summed E-state index contributed by atoms with van der Waals surface area (Å²) >= 11 is 2.04. The highest BCUT2D eigenvalue weighted by Crippen LogP contribution is 2.39. The lowest BCUT2D eigenvalue weighted by Gasteiger charge is -2.22. The van der Waals surface area contributed by atoms with Crippen LogP contribution in [-0.2, 0) is 0 Å². The van der Waals surface area contributed by atoms with Gasteiger partial charge in [0.2, 0.25) is 0 Å². The van der Waals surface area contributed by atoms with Gasteiger partial charge >= 0.3 is 0 Å². The molecule has 1 heterocycles. The molecule has 1 rings (SSSR count). The minimum absolute atomic E-state index is 0.403. The summed E-state index contributed by atoms with van der Waals surface area (Å²) in [5.41, 5.74) is 3.94. The van der Waals surface area contributed by atoms with Crippen molar-refractivity contribution in [3.05, 3.63) is 0 Å². The summed E-state index contributed by atoms with van der Waals surface area (Å²) < 4.78 is 0. The fourth-order valence-electron chi connectivity index (χ4n) is 0.498. The normalized spacial score (nSPS) is 16.6. The second kappa shape index (κ2) is 9.36. The number of rotatable bonds is 5. The van der Waals surface area contributed by atoms with Crippen molar-refractivity contribution in [1.29, 1.82) is 0 Å². The van der Waals surface area contributed by atoms with Crippen molar-refractivity contribution in [2.24, 2.45) is 5.73 Å². The van der Waals surface area contributed by atoms with Gasteiger partial charge < -0.3 is 21.1 Å². The molecule has 0 aromatic rings. The van der Waals surface area contributed by atoms with Crippen molar-refractivity contribution >= 4 is 41.4 Å². The Labute approximate surface area is 104 Å². The fraction of sp³-hybridized carbons (Fsp3) is 1.00. The number of hydrogen-bond donors (Lipinski definition) is 4. The summed E-state index contributed by atoms with van der Waals surface area (Å²) in [4.78, 5) is 0. The summed E-state index contributed by atoms with van der Waals surface area (Å²) in [7, 11) is 6.44. The van der Waals surface area contributed by atoms with Gasteiger partial charge in [-0.05, 0) is 0 Å². The second-order valence-corrected chi connectivity index (χ2v) is 8.20. The lowest BCUT2D eigenvalue weighted by Crippen LogP contribution is -2.50. The Hall–Kier alpha value is 1.32. The molecule has 1 saturated heterocycles. The number of aliphatic hydroxyl groups excluding tert-OH is 3. The molecule has 0 amide bonds. The molecule has 8 heteroatoms. The molecule has 1 unspecified atom stereocenters. The van der Waals surface area contributed by atoms with Crippen molar-refractivity contribution in [3.8, 4) is 0 Å². The maximum absolute atomic E-state index is 8.34. The lowest BCUT2D eigenvalue weighted by atomic mass is 10.1. The topological polar surface area (TPSA) is 86.7 Å². The molecule has 0 spiro atoms. The Balaban J connectivity index is 0.000000262. The van der Waals surface area contributed by atoms with E-state index in [1.807, 2.05) is 22.6 Å². The maximum atomic E-state index is 8.34. The highest BCUT2D eigenvalue weighted by atomic mass is 33.3. The summed E-state index contributed by atoms with van der Waals surface area (Å²) in [5.74, 6) is 2.73. The zero-order valence-electron chi connectivity index (χ0n) is 8.33. The molecule has 15 heavy (non-hydrogen) atoms. The van der Waals surface area contributed by atoms with Gasteiger partial charge in [0.15, 0.2) is 0 Å². The first kappa shape index (κ1) is 16.3. The quantitative estimate of drug-likeness (QED) is 0.417. The Morgan fingerprint density at radius 2 is 1.73 bits per heavy atom. The van der Waals surface area contributed by atoms with E-state index in [0.29, 0.717) is 0 Å². The molecule has 0 radical (unpaired) electrons. The lowest BCUT2D eigenvalue weighted by molar-refractivity contribution is 0.0698. The number of hydrogen-bond acceptors (Lipinski definition) is 7. The van der Waals surface area contributed by atoms with E-state index in [9.17, 15) is 0 Å². The van der Waals surface area contributed by atoms with Crippen LogP contribution in [0.25, 0.3) is 0 Å². The van der Waals surface area contributed by atoms with E-state index < -0.39 is 25.4 Å².